The first-order valence-electron chi connectivity index (χ1n) is 11.0. The summed E-state index contributed by atoms with van der Waals surface area (Å²) in [5.74, 6) is 5.56. The van der Waals surface area contributed by atoms with Crippen molar-refractivity contribution >= 4 is 15.9 Å². The van der Waals surface area contributed by atoms with Gasteiger partial charge >= 0.3 is 0 Å². The molecular formula is C25H27FN2O4S. The maximum atomic E-state index is 13.6. The number of aliphatic hydroxyl groups is 1. The first-order valence-corrected chi connectivity index (χ1v) is 12.4. The lowest BCUT2D eigenvalue weighted by Crippen LogP contribution is -2.73. The van der Waals surface area contributed by atoms with E-state index in [1.807, 2.05) is 24.3 Å². The molecule has 2 aromatic carbocycles. The second kappa shape index (κ2) is 9.26. The van der Waals surface area contributed by atoms with Crippen LogP contribution >= 0.6 is 0 Å². The zero-order chi connectivity index (χ0) is 23.8. The van der Waals surface area contributed by atoms with Crippen LogP contribution in [-0.2, 0) is 14.8 Å². The zero-order valence-electron chi connectivity index (χ0n) is 18.6. The molecule has 2 fully saturated rings. The minimum atomic E-state index is -4.03. The molecule has 2 aromatic rings. The Morgan fingerprint density at radius 2 is 1.91 bits per heavy atom. The van der Waals surface area contributed by atoms with Crippen LogP contribution in [0.25, 0.3) is 0 Å². The molecule has 6 nitrogen and oxygen atoms in total. The number of piperazine rings is 1. The SMILES string of the molecule is CC(C)CC#Cc1ccc([C@@H]2[C@@H](CO)N3C(=O)CN(S(=O)(=O)c4cccc(F)c4)C[C@@H]23)cc1. The van der Waals surface area contributed by atoms with Crippen LogP contribution in [0, 0.1) is 23.6 Å². The Hall–Kier alpha value is -2.73. The van der Waals surface area contributed by atoms with Gasteiger partial charge in [-0.3, -0.25) is 4.79 Å². The summed E-state index contributed by atoms with van der Waals surface area (Å²) < 4.78 is 40.9. The normalized spacial score (nSPS) is 23.0. The van der Waals surface area contributed by atoms with Crippen LogP contribution in [0.1, 0.15) is 37.3 Å². The largest absolute Gasteiger partial charge is 0.394 e. The summed E-state index contributed by atoms with van der Waals surface area (Å²) in [6, 6.07) is 11.7. The van der Waals surface area contributed by atoms with Crippen LogP contribution in [-0.4, -0.2) is 60.4 Å². The minimum absolute atomic E-state index is 0.0850. The molecule has 2 aliphatic heterocycles. The average Bonchev–Trinajstić information content (AvgIpc) is 2.76. The van der Waals surface area contributed by atoms with E-state index >= 15 is 0 Å². The molecule has 3 atom stereocenters. The Morgan fingerprint density at radius 3 is 2.55 bits per heavy atom. The molecule has 1 amide bonds. The van der Waals surface area contributed by atoms with Crippen molar-refractivity contribution < 1.29 is 22.7 Å². The Kier molecular flexibility index (Phi) is 6.57. The smallest absolute Gasteiger partial charge is 0.243 e. The summed E-state index contributed by atoms with van der Waals surface area (Å²) >= 11 is 0. The molecule has 2 heterocycles. The molecule has 4 rings (SSSR count). The van der Waals surface area contributed by atoms with Gasteiger partial charge in [0, 0.05) is 24.4 Å². The van der Waals surface area contributed by atoms with Gasteiger partial charge in [-0.05, 0) is 41.8 Å². The molecule has 0 saturated carbocycles. The summed E-state index contributed by atoms with van der Waals surface area (Å²) in [5, 5.41) is 9.94. The van der Waals surface area contributed by atoms with Crippen molar-refractivity contribution in [3.8, 4) is 11.8 Å². The number of nitrogens with zero attached hydrogens (tertiary/aromatic N) is 2. The third-order valence-corrected chi connectivity index (χ3v) is 8.00. The van der Waals surface area contributed by atoms with Crippen LogP contribution < -0.4 is 0 Å². The highest BCUT2D eigenvalue weighted by atomic mass is 32.2. The van der Waals surface area contributed by atoms with Gasteiger partial charge in [0.2, 0.25) is 15.9 Å². The predicted octanol–water partition coefficient (Wildman–Crippen LogP) is 2.58. The van der Waals surface area contributed by atoms with Gasteiger partial charge in [-0.25, -0.2) is 12.8 Å². The Bertz CT molecular complexity index is 1200. The second-order valence-corrected chi connectivity index (χ2v) is 10.9. The van der Waals surface area contributed by atoms with E-state index in [9.17, 15) is 22.7 Å². The molecule has 174 valence electrons. The van der Waals surface area contributed by atoms with Crippen LogP contribution in [0.3, 0.4) is 0 Å². The fraction of sp³-hybridized carbons (Fsp3) is 0.400. The summed E-state index contributed by atoms with van der Waals surface area (Å²) in [4.78, 5) is 14.2. The molecule has 2 aliphatic rings. The first kappa shape index (κ1) is 23.4. The first-order chi connectivity index (χ1) is 15.7. The second-order valence-electron chi connectivity index (χ2n) is 8.92. The quantitative estimate of drug-likeness (QED) is 0.682. The maximum Gasteiger partial charge on any atom is 0.243 e. The molecule has 0 bridgehead atoms. The van der Waals surface area contributed by atoms with Gasteiger partial charge in [0.25, 0.3) is 0 Å². The van der Waals surface area contributed by atoms with Gasteiger partial charge in [-0.1, -0.05) is 43.9 Å². The van der Waals surface area contributed by atoms with Crippen molar-refractivity contribution in [1.82, 2.24) is 9.21 Å². The van der Waals surface area contributed by atoms with Gasteiger partial charge < -0.3 is 10.0 Å². The van der Waals surface area contributed by atoms with E-state index in [0.29, 0.717) is 5.92 Å². The van der Waals surface area contributed by atoms with E-state index in [1.165, 1.54) is 18.2 Å². The molecule has 0 spiro atoms. The van der Waals surface area contributed by atoms with Crippen molar-refractivity contribution in [3.05, 3.63) is 65.5 Å². The van der Waals surface area contributed by atoms with Crippen molar-refractivity contribution in [1.29, 1.82) is 0 Å². The van der Waals surface area contributed by atoms with Crippen LogP contribution in [0.5, 0.6) is 0 Å². The fourth-order valence-corrected chi connectivity index (χ4v) is 6.01. The lowest BCUT2D eigenvalue weighted by Gasteiger charge is -2.58. The molecule has 0 aromatic heterocycles. The molecule has 0 radical (unpaired) electrons. The van der Waals surface area contributed by atoms with Crippen LogP contribution in [0.2, 0.25) is 0 Å². The number of hydrogen-bond acceptors (Lipinski definition) is 4. The molecular weight excluding hydrogens is 443 g/mol. The molecule has 0 unspecified atom stereocenters. The number of fused-ring (bicyclic) bond motifs is 1. The summed E-state index contributed by atoms with van der Waals surface area (Å²) in [7, 11) is -4.03. The number of amides is 1. The standard InChI is InChI=1S/C25H27FN2O4S/c1-17(2)5-3-6-18-9-11-19(12-10-18)25-22-14-27(15-24(30)28(22)23(25)16-29)33(31,32)21-8-4-7-20(26)13-21/h4,7-13,17,22-23,25,29H,5,14-16H2,1-2H3/t22-,23+,25-/m0/s1. The third kappa shape index (κ3) is 4.54. The minimum Gasteiger partial charge on any atom is -0.394 e. The van der Waals surface area contributed by atoms with Gasteiger partial charge in [0.15, 0.2) is 0 Å². The summed E-state index contributed by atoms with van der Waals surface area (Å²) in [6.45, 7) is 3.76. The van der Waals surface area contributed by atoms with Crippen molar-refractivity contribution in [3.63, 3.8) is 0 Å². The fourth-order valence-electron chi connectivity index (χ4n) is 4.58. The zero-order valence-corrected chi connectivity index (χ0v) is 19.4. The number of halogens is 1. The summed E-state index contributed by atoms with van der Waals surface area (Å²) in [6.07, 6.45) is 0.811. The van der Waals surface area contributed by atoms with Crippen molar-refractivity contribution in [2.75, 3.05) is 19.7 Å². The third-order valence-electron chi connectivity index (χ3n) is 6.19. The molecule has 8 heteroatoms. The highest BCUT2D eigenvalue weighted by molar-refractivity contribution is 7.89. The van der Waals surface area contributed by atoms with Gasteiger partial charge in [-0.15, -0.1) is 0 Å². The molecule has 0 aliphatic carbocycles. The number of carbonyl (C=O) groups is 1. The number of rotatable bonds is 5. The molecule has 2 saturated heterocycles. The topological polar surface area (TPSA) is 77.9 Å². The van der Waals surface area contributed by atoms with E-state index in [2.05, 4.69) is 25.7 Å². The number of carbonyl (C=O) groups excluding carboxylic acids is 1. The Morgan fingerprint density at radius 1 is 1.18 bits per heavy atom. The van der Waals surface area contributed by atoms with Gasteiger partial charge in [-0.2, -0.15) is 4.31 Å². The highest BCUT2D eigenvalue weighted by Crippen LogP contribution is 2.43. The number of sulfonamides is 1. The lowest BCUT2D eigenvalue weighted by molar-refractivity contribution is -0.158. The van der Waals surface area contributed by atoms with E-state index < -0.39 is 27.9 Å². The van der Waals surface area contributed by atoms with E-state index in [0.717, 1.165) is 27.9 Å². The Labute approximate surface area is 194 Å². The predicted molar refractivity (Wildman–Crippen MR) is 122 cm³/mol. The average molecular weight is 471 g/mol. The highest BCUT2D eigenvalue weighted by Gasteiger charge is 2.55. The molecule has 33 heavy (non-hydrogen) atoms. The van der Waals surface area contributed by atoms with E-state index in [1.54, 1.807) is 4.90 Å². The molecule has 1 N–H and O–H groups in total. The van der Waals surface area contributed by atoms with Gasteiger partial charge in [0.05, 0.1) is 30.1 Å². The van der Waals surface area contributed by atoms with E-state index in [-0.39, 0.29) is 36.4 Å². The Balaban J connectivity index is 1.57. The van der Waals surface area contributed by atoms with E-state index in [4.69, 9.17) is 0 Å². The monoisotopic (exact) mass is 470 g/mol. The number of benzene rings is 2. The maximum absolute atomic E-state index is 13.6. The number of aliphatic hydroxyl groups excluding tert-OH is 1. The van der Waals surface area contributed by atoms with Crippen LogP contribution in [0.15, 0.2) is 53.4 Å². The van der Waals surface area contributed by atoms with Crippen LogP contribution in [0.4, 0.5) is 4.39 Å². The summed E-state index contributed by atoms with van der Waals surface area (Å²) in [5.41, 5.74) is 1.80. The van der Waals surface area contributed by atoms with Gasteiger partial charge in [0.1, 0.15) is 5.82 Å². The number of hydrogen-bond donors (Lipinski definition) is 1. The lowest BCUT2D eigenvalue weighted by atomic mass is 9.74. The van der Waals surface area contributed by atoms with Crippen molar-refractivity contribution in [2.24, 2.45) is 5.92 Å². The van der Waals surface area contributed by atoms with Crippen molar-refractivity contribution in [2.45, 2.75) is 43.2 Å².